The Kier molecular flexibility index (Phi) is 3.68. The highest BCUT2D eigenvalue weighted by molar-refractivity contribution is 8.17. The van der Waals surface area contributed by atoms with Crippen molar-refractivity contribution >= 4 is 23.5 Å². The fourth-order valence-corrected chi connectivity index (χ4v) is 5.53. The molecule has 0 nitrogen and oxygen atoms in total. The van der Waals surface area contributed by atoms with E-state index in [1.807, 2.05) is 0 Å². The molecule has 0 atom stereocenters. The molecule has 0 N–H and O–H groups in total. The summed E-state index contributed by atoms with van der Waals surface area (Å²) < 4.78 is 0.361. The molecule has 15 heavy (non-hydrogen) atoms. The van der Waals surface area contributed by atoms with Crippen molar-refractivity contribution < 1.29 is 0 Å². The fourth-order valence-electron chi connectivity index (χ4n) is 2.35. The molecular weight excluding hydrogens is 220 g/mol. The Morgan fingerprint density at radius 1 is 1.13 bits per heavy atom. The molecule has 0 heterocycles. The van der Waals surface area contributed by atoms with Gasteiger partial charge in [0.1, 0.15) is 0 Å². The summed E-state index contributed by atoms with van der Waals surface area (Å²) in [6.45, 7) is 4.53. The third-order valence-electron chi connectivity index (χ3n) is 2.91. The molecule has 1 aromatic rings. The van der Waals surface area contributed by atoms with Crippen LogP contribution in [0, 0.1) is 0 Å². The molecule has 0 bridgehead atoms. The molecule has 0 unspecified atom stereocenters. The van der Waals surface area contributed by atoms with E-state index in [1.165, 1.54) is 24.3 Å². The maximum Gasteiger partial charge on any atom is 0.0865 e. The number of thioether (sulfide) groups is 2. The predicted molar refractivity (Wildman–Crippen MR) is 72.7 cm³/mol. The Morgan fingerprint density at radius 3 is 2.47 bits per heavy atom. The molecule has 0 aliphatic heterocycles. The van der Waals surface area contributed by atoms with Crippen LogP contribution in [0.25, 0.3) is 0 Å². The van der Waals surface area contributed by atoms with E-state index in [9.17, 15) is 0 Å². The SMILES string of the molecule is CCSC1(SCC)CCc2ccccc21. The van der Waals surface area contributed by atoms with Gasteiger partial charge < -0.3 is 0 Å². The number of rotatable bonds is 4. The number of hydrogen-bond acceptors (Lipinski definition) is 2. The lowest BCUT2D eigenvalue weighted by Gasteiger charge is -2.28. The summed E-state index contributed by atoms with van der Waals surface area (Å²) >= 11 is 4.23. The molecule has 1 aliphatic rings. The van der Waals surface area contributed by atoms with Crippen molar-refractivity contribution in [2.75, 3.05) is 11.5 Å². The van der Waals surface area contributed by atoms with Crippen LogP contribution < -0.4 is 0 Å². The van der Waals surface area contributed by atoms with Gasteiger partial charge in [-0.2, -0.15) is 0 Å². The van der Waals surface area contributed by atoms with Gasteiger partial charge in [0.25, 0.3) is 0 Å². The molecule has 0 spiro atoms. The molecule has 1 aromatic carbocycles. The summed E-state index contributed by atoms with van der Waals surface area (Å²) in [5.74, 6) is 2.42. The molecule has 2 heteroatoms. The average molecular weight is 238 g/mol. The molecule has 0 aromatic heterocycles. The zero-order chi connectivity index (χ0) is 10.7. The van der Waals surface area contributed by atoms with Crippen molar-refractivity contribution in [3.05, 3.63) is 35.4 Å². The van der Waals surface area contributed by atoms with E-state index in [0.29, 0.717) is 4.08 Å². The quantitative estimate of drug-likeness (QED) is 0.718. The van der Waals surface area contributed by atoms with E-state index in [0.717, 1.165) is 0 Å². The summed E-state index contributed by atoms with van der Waals surface area (Å²) in [5, 5.41) is 0. The number of aryl methyl sites for hydroxylation is 1. The molecule has 0 fully saturated rings. The van der Waals surface area contributed by atoms with E-state index in [4.69, 9.17) is 0 Å². The minimum absolute atomic E-state index is 0.361. The average Bonchev–Trinajstić information content (AvgIpc) is 2.60. The molecule has 0 saturated heterocycles. The number of benzene rings is 1. The molecule has 1 aliphatic carbocycles. The Morgan fingerprint density at radius 2 is 1.80 bits per heavy atom. The first-order chi connectivity index (χ1) is 7.32. The maximum atomic E-state index is 2.33. The molecule has 0 radical (unpaired) electrons. The third-order valence-corrected chi connectivity index (χ3v) is 5.97. The normalized spacial score (nSPS) is 17.7. The summed E-state index contributed by atoms with van der Waals surface area (Å²) in [6, 6.07) is 8.98. The molecule has 0 saturated carbocycles. The third kappa shape index (κ3) is 2.07. The Bertz CT molecular complexity index is 322. The van der Waals surface area contributed by atoms with Crippen molar-refractivity contribution in [3.63, 3.8) is 0 Å². The van der Waals surface area contributed by atoms with Crippen LogP contribution in [-0.2, 0) is 10.5 Å². The van der Waals surface area contributed by atoms with Crippen molar-refractivity contribution in [2.45, 2.75) is 30.8 Å². The monoisotopic (exact) mass is 238 g/mol. The number of fused-ring (bicyclic) bond motifs is 1. The van der Waals surface area contributed by atoms with Crippen LogP contribution in [-0.4, -0.2) is 11.5 Å². The van der Waals surface area contributed by atoms with E-state index < -0.39 is 0 Å². The van der Waals surface area contributed by atoms with Crippen LogP contribution in [0.2, 0.25) is 0 Å². The van der Waals surface area contributed by atoms with Gasteiger partial charge in [-0.1, -0.05) is 38.1 Å². The van der Waals surface area contributed by atoms with Crippen molar-refractivity contribution in [1.82, 2.24) is 0 Å². The standard InChI is InChI=1S/C13H18S2/c1-3-14-13(15-4-2)10-9-11-7-5-6-8-12(11)13/h5-8H,3-4,9-10H2,1-2H3. The summed E-state index contributed by atoms with van der Waals surface area (Å²) in [5.41, 5.74) is 3.16. The predicted octanol–water partition coefficient (Wildman–Crippen LogP) is 4.29. The largest absolute Gasteiger partial charge is 0.140 e. The van der Waals surface area contributed by atoms with Gasteiger partial charge in [-0.25, -0.2) is 0 Å². The summed E-state index contributed by atoms with van der Waals surface area (Å²) in [4.78, 5) is 0. The topological polar surface area (TPSA) is 0 Å². The minimum atomic E-state index is 0.361. The van der Waals surface area contributed by atoms with Gasteiger partial charge in [-0.05, 0) is 35.5 Å². The smallest absolute Gasteiger partial charge is 0.0865 e. The van der Waals surface area contributed by atoms with Crippen molar-refractivity contribution in [2.24, 2.45) is 0 Å². The lowest BCUT2D eigenvalue weighted by atomic mass is 10.1. The van der Waals surface area contributed by atoms with Gasteiger partial charge in [-0.15, -0.1) is 23.5 Å². The Labute approximate surface area is 101 Å². The zero-order valence-corrected chi connectivity index (χ0v) is 11.1. The summed E-state index contributed by atoms with van der Waals surface area (Å²) in [7, 11) is 0. The van der Waals surface area contributed by atoms with Crippen molar-refractivity contribution in [3.8, 4) is 0 Å². The lowest BCUT2D eigenvalue weighted by Crippen LogP contribution is -2.14. The fraction of sp³-hybridized carbons (Fsp3) is 0.538. The minimum Gasteiger partial charge on any atom is -0.140 e. The molecule has 2 rings (SSSR count). The first kappa shape index (κ1) is 11.4. The zero-order valence-electron chi connectivity index (χ0n) is 9.45. The van der Waals surface area contributed by atoms with Gasteiger partial charge in [0.15, 0.2) is 0 Å². The molecular formula is C13H18S2. The molecule has 82 valence electrons. The first-order valence-corrected chi connectivity index (χ1v) is 7.66. The second-order valence-corrected chi connectivity index (χ2v) is 7.16. The molecule has 0 amide bonds. The maximum absolute atomic E-state index is 2.33. The van der Waals surface area contributed by atoms with E-state index in [-0.39, 0.29) is 0 Å². The van der Waals surface area contributed by atoms with Crippen LogP contribution in [0.5, 0.6) is 0 Å². The second kappa shape index (κ2) is 4.84. The van der Waals surface area contributed by atoms with Crippen LogP contribution in [0.15, 0.2) is 24.3 Å². The van der Waals surface area contributed by atoms with E-state index in [1.54, 1.807) is 11.1 Å². The van der Waals surface area contributed by atoms with Crippen LogP contribution >= 0.6 is 23.5 Å². The summed E-state index contributed by atoms with van der Waals surface area (Å²) in [6.07, 6.45) is 2.57. The lowest BCUT2D eigenvalue weighted by molar-refractivity contribution is 0.837. The second-order valence-electron chi connectivity index (χ2n) is 3.78. The van der Waals surface area contributed by atoms with E-state index >= 15 is 0 Å². The highest BCUT2D eigenvalue weighted by atomic mass is 32.2. The first-order valence-electron chi connectivity index (χ1n) is 5.68. The Hall–Kier alpha value is -0.0800. The van der Waals surface area contributed by atoms with Gasteiger partial charge in [0.2, 0.25) is 0 Å². The van der Waals surface area contributed by atoms with Gasteiger partial charge in [0, 0.05) is 0 Å². The van der Waals surface area contributed by atoms with Crippen LogP contribution in [0.3, 0.4) is 0 Å². The highest BCUT2D eigenvalue weighted by Crippen LogP contribution is 2.54. The Balaban J connectivity index is 2.35. The van der Waals surface area contributed by atoms with Gasteiger partial charge in [0.05, 0.1) is 4.08 Å². The van der Waals surface area contributed by atoms with Gasteiger partial charge in [-0.3, -0.25) is 0 Å². The highest BCUT2D eigenvalue weighted by Gasteiger charge is 2.38. The van der Waals surface area contributed by atoms with Crippen LogP contribution in [0.4, 0.5) is 0 Å². The van der Waals surface area contributed by atoms with Crippen LogP contribution in [0.1, 0.15) is 31.4 Å². The van der Waals surface area contributed by atoms with Crippen molar-refractivity contribution in [1.29, 1.82) is 0 Å². The number of hydrogen-bond donors (Lipinski definition) is 0. The van der Waals surface area contributed by atoms with E-state index in [2.05, 4.69) is 61.6 Å². The van der Waals surface area contributed by atoms with Gasteiger partial charge >= 0.3 is 0 Å².